The first-order valence-corrected chi connectivity index (χ1v) is 6.72. The van der Waals surface area contributed by atoms with Gasteiger partial charge < -0.3 is 0 Å². The molecule has 4 rings (SSSR count). The summed E-state index contributed by atoms with van der Waals surface area (Å²) in [5.74, 6) is 0.389. The van der Waals surface area contributed by atoms with Crippen molar-refractivity contribution in [3.8, 4) is 17.1 Å². The van der Waals surface area contributed by atoms with Crippen LogP contribution >= 0.6 is 22.6 Å². The number of halogens is 2. The van der Waals surface area contributed by atoms with Crippen LogP contribution in [0.1, 0.15) is 5.69 Å². The van der Waals surface area contributed by atoms with Crippen molar-refractivity contribution in [3.63, 3.8) is 0 Å². The molecule has 1 aliphatic heterocycles. The minimum absolute atomic E-state index is 0.286. The van der Waals surface area contributed by atoms with Gasteiger partial charge in [-0.25, -0.2) is 19.0 Å². The van der Waals surface area contributed by atoms with E-state index >= 15 is 0 Å². The van der Waals surface area contributed by atoms with Crippen LogP contribution in [0.5, 0.6) is 0 Å². The lowest BCUT2D eigenvalue weighted by atomic mass is 10.1. The Kier molecular flexibility index (Phi) is 2.25. The molecule has 0 aliphatic carbocycles. The highest BCUT2D eigenvalue weighted by Gasteiger charge is 2.22. The summed E-state index contributed by atoms with van der Waals surface area (Å²) < 4.78 is 18.2. The Morgan fingerprint density at radius 2 is 2.16 bits per heavy atom. The first-order valence-electron chi connectivity index (χ1n) is 5.64. The number of fused-ring (bicyclic) bond motifs is 5. The van der Waals surface area contributed by atoms with E-state index in [4.69, 9.17) is 0 Å². The van der Waals surface area contributed by atoms with Gasteiger partial charge in [0.1, 0.15) is 22.2 Å². The molecule has 0 atom stereocenters. The molecule has 94 valence electrons. The van der Waals surface area contributed by atoms with E-state index in [0.29, 0.717) is 12.4 Å². The molecular formula is C12H7FIN5. The lowest BCUT2D eigenvalue weighted by Crippen LogP contribution is -2.05. The van der Waals surface area contributed by atoms with Crippen molar-refractivity contribution in [2.24, 2.45) is 0 Å². The van der Waals surface area contributed by atoms with Crippen LogP contribution < -0.4 is 0 Å². The second kappa shape index (κ2) is 3.86. The molecule has 3 aromatic rings. The minimum Gasteiger partial charge on any atom is -0.299 e. The summed E-state index contributed by atoms with van der Waals surface area (Å²) in [6.45, 7) is 0.573. The molecule has 0 saturated heterocycles. The minimum atomic E-state index is -0.286. The topological polar surface area (TPSA) is 48.5 Å². The van der Waals surface area contributed by atoms with Gasteiger partial charge >= 0.3 is 0 Å². The molecule has 0 bridgehead atoms. The molecule has 0 radical (unpaired) electrons. The summed E-state index contributed by atoms with van der Waals surface area (Å²) in [5, 5.41) is 4.20. The highest BCUT2D eigenvalue weighted by molar-refractivity contribution is 14.1. The maximum atomic E-state index is 13.5. The van der Waals surface area contributed by atoms with Gasteiger partial charge in [0.15, 0.2) is 5.82 Å². The van der Waals surface area contributed by atoms with Crippen molar-refractivity contribution < 1.29 is 4.39 Å². The fourth-order valence-electron chi connectivity index (χ4n) is 2.33. The molecule has 1 aromatic carbocycles. The third kappa shape index (κ3) is 1.54. The number of rotatable bonds is 0. The molecule has 5 nitrogen and oxygen atoms in total. The zero-order chi connectivity index (χ0) is 13.0. The van der Waals surface area contributed by atoms with Crippen molar-refractivity contribution >= 4 is 22.6 Å². The lowest BCUT2D eigenvalue weighted by Gasteiger charge is -2.07. The van der Waals surface area contributed by atoms with E-state index < -0.39 is 0 Å². The fourth-order valence-corrected chi connectivity index (χ4v) is 2.88. The highest BCUT2D eigenvalue weighted by Crippen LogP contribution is 2.31. The largest absolute Gasteiger partial charge is 0.299 e. The number of benzene rings is 1. The Hall–Kier alpha value is -1.77. The predicted molar refractivity (Wildman–Crippen MR) is 74.4 cm³/mol. The van der Waals surface area contributed by atoms with Gasteiger partial charge in [0, 0.05) is 5.56 Å². The van der Waals surface area contributed by atoms with Crippen LogP contribution in [0, 0.1) is 9.52 Å². The number of nitrogens with zero attached hydrogens (tertiary/aromatic N) is 5. The number of imidazole rings is 1. The van der Waals surface area contributed by atoms with Crippen molar-refractivity contribution in [2.45, 2.75) is 6.54 Å². The Balaban J connectivity index is 2.13. The quantitative estimate of drug-likeness (QED) is 0.448. The van der Waals surface area contributed by atoms with Crippen LogP contribution in [0.2, 0.25) is 0 Å². The average Bonchev–Trinajstić information content (AvgIpc) is 2.96. The fraction of sp³-hybridized carbons (Fsp3) is 0.0833. The normalized spacial score (nSPS) is 12.5. The van der Waals surface area contributed by atoms with Gasteiger partial charge in [0.05, 0.1) is 17.9 Å². The average molecular weight is 367 g/mol. The Labute approximate surface area is 121 Å². The Bertz CT molecular complexity index is 791. The van der Waals surface area contributed by atoms with Gasteiger partial charge in [0.2, 0.25) is 0 Å². The summed E-state index contributed by atoms with van der Waals surface area (Å²) in [6, 6.07) is 4.68. The van der Waals surface area contributed by atoms with Crippen LogP contribution in [0.4, 0.5) is 4.39 Å². The van der Waals surface area contributed by atoms with Crippen molar-refractivity contribution in [2.75, 3.05) is 0 Å². The van der Waals surface area contributed by atoms with Crippen LogP contribution in [-0.2, 0) is 6.54 Å². The Morgan fingerprint density at radius 1 is 1.26 bits per heavy atom. The molecule has 0 spiro atoms. The number of hydrogen-bond acceptors (Lipinski definition) is 3. The molecule has 3 heterocycles. The second-order valence-corrected chi connectivity index (χ2v) is 5.28. The molecule has 0 fully saturated rings. The molecule has 7 heteroatoms. The standard InChI is InChI=1S/C12H7FIN5/c13-7-1-2-9-8(3-7)12-15-5-17-19(12)4-10-11(14)16-6-18(9)10/h1-3,5-6H,4H2. The van der Waals surface area contributed by atoms with Crippen molar-refractivity contribution in [1.29, 1.82) is 0 Å². The first-order chi connectivity index (χ1) is 9.24. The number of aromatic nitrogens is 5. The molecule has 0 amide bonds. The summed E-state index contributed by atoms with van der Waals surface area (Å²) in [7, 11) is 0. The third-order valence-electron chi connectivity index (χ3n) is 3.19. The van der Waals surface area contributed by atoms with Gasteiger partial charge in [0.25, 0.3) is 0 Å². The zero-order valence-electron chi connectivity index (χ0n) is 9.59. The summed E-state index contributed by atoms with van der Waals surface area (Å²) >= 11 is 2.19. The zero-order valence-corrected chi connectivity index (χ0v) is 11.7. The summed E-state index contributed by atoms with van der Waals surface area (Å²) in [5.41, 5.74) is 2.63. The van der Waals surface area contributed by atoms with Crippen LogP contribution in [0.3, 0.4) is 0 Å². The predicted octanol–water partition coefficient (Wildman–Crippen LogP) is 2.24. The van der Waals surface area contributed by atoms with Gasteiger partial charge in [-0.15, -0.1) is 0 Å². The van der Waals surface area contributed by atoms with Gasteiger partial charge in [-0.1, -0.05) is 0 Å². The van der Waals surface area contributed by atoms with Crippen molar-refractivity contribution in [1.82, 2.24) is 24.3 Å². The van der Waals surface area contributed by atoms with E-state index in [1.165, 1.54) is 18.5 Å². The third-order valence-corrected chi connectivity index (χ3v) is 4.09. The van der Waals surface area contributed by atoms with Crippen molar-refractivity contribution in [3.05, 3.63) is 46.1 Å². The maximum absolute atomic E-state index is 13.5. The van der Waals surface area contributed by atoms with Crippen LogP contribution in [0.15, 0.2) is 30.9 Å². The smallest absolute Gasteiger partial charge is 0.160 e. The summed E-state index contributed by atoms with van der Waals surface area (Å²) in [4.78, 5) is 8.55. The second-order valence-electron chi connectivity index (χ2n) is 4.25. The maximum Gasteiger partial charge on any atom is 0.160 e. The Morgan fingerprint density at radius 3 is 3.05 bits per heavy atom. The molecule has 0 N–H and O–H groups in total. The van der Waals surface area contributed by atoms with Gasteiger partial charge in [-0.3, -0.25) is 4.57 Å². The van der Waals surface area contributed by atoms with E-state index in [2.05, 4.69) is 37.7 Å². The molecule has 1 aliphatic rings. The number of hydrogen-bond donors (Lipinski definition) is 0. The van der Waals surface area contributed by atoms with Gasteiger partial charge in [-0.05, 0) is 40.8 Å². The van der Waals surface area contributed by atoms with E-state index in [0.717, 1.165) is 20.6 Å². The highest BCUT2D eigenvalue weighted by atomic mass is 127. The lowest BCUT2D eigenvalue weighted by molar-refractivity contribution is 0.627. The molecule has 2 aromatic heterocycles. The molecule has 0 unspecified atom stereocenters. The first kappa shape index (κ1) is 11.1. The SMILES string of the molecule is Fc1ccc2c(c1)-c1ncnn1Cc1c(I)ncn1-2. The monoisotopic (exact) mass is 367 g/mol. The molecule has 19 heavy (non-hydrogen) atoms. The van der Waals surface area contributed by atoms with Crippen LogP contribution in [-0.4, -0.2) is 24.3 Å². The molecular weight excluding hydrogens is 360 g/mol. The summed E-state index contributed by atoms with van der Waals surface area (Å²) in [6.07, 6.45) is 3.24. The van der Waals surface area contributed by atoms with E-state index in [1.54, 1.807) is 17.1 Å². The van der Waals surface area contributed by atoms with E-state index in [9.17, 15) is 4.39 Å². The van der Waals surface area contributed by atoms with E-state index in [-0.39, 0.29) is 5.82 Å². The van der Waals surface area contributed by atoms with Gasteiger partial charge in [-0.2, -0.15) is 5.10 Å². The van der Waals surface area contributed by atoms with E-state index in [1.807, 2.05) is 4.57 Å². The molecule has 0 saturated carbocycles. The van der Waals surface area contributed by atoms with Crippen LogP contribution in [0.25, 0.3) is 17.1 Å².